The summed E-state index contributed by atoms with van der Waals surface area (Å²) in [5.74, 6) is -1.40. The number of benzene rings is 1. The lowest BCUT2D eigenvalue weighted by molar-refractivity contribution is -0.139. The van der Waals surface area contributed by atoms with Gasteiger partial charge in [-0.2, -0.15) is 0 Å². The highest BCUT2D eigenvalue weighted by Gasteiger charge is 2.41. The molecule has 0 amide bonds. The van der Waals surface area contributed by atoms with Crippen LogP contribution in [-0.4, -0.2) is 25.2 Å². The summed E-state index contributed by atoms with van der Waals surface area (Å²) in [6.07, 6.45) is 0.726. The van der Waals surface area contributed by atoms with Crippen LogP contribution in [0.25, 0.3) is 0 Å². The first kappa shape index (κ1) is 16.6. The summed E-state index contributed by atoms with van der Waals surface area (Å²) in [5, 5.41) is 3.65. The smallest absolute Gasteiger partial charge is 0.337 e. The molecule has 0 saturated heterocycles. The fourth-order valence-corrected chi connectivity index (χ4v) is 3.23. The molecule has 1 unspecified atom stereocenters. The second-order valence-electron chi connectivity index (χ2n) is 5.76. The van der Waals surface area contributed by atoms with E-state index in [9.17, 15) is 9.59 Å². The molecule has 1 aromatic rings. The number of hydrogen-bond donors (Lipinski definition) is 1. The van der Waals surface area contributed by atoms with Gasteiger partial charge in [0.25, 0.3) is 0 Å². The number of halogens is 1. The molecule has 0 aliphatic carbocycles. The molecule has 2 aliphatic heterocycles. The number of cyclic esters (lactones) is 1. The van der Waals surface area contributed by atoms with Gasteiger partial charge in [-0.1, -0.05) is 30.7 Å². The van der Waals surface area contributed by atoms with E-state index in [-0.39, 0.29) is 6.61 Å². The predicted molar refractivity (Wildman–Crippen MR) is 89.3 cm³/mol. The van der Waals surface area contributed by atoms with Crippen LogP contribution in [0.4, 0.5) is 0 Å². The van der Waals surface area contributed by atoms with E-state index in [4.69, 9.17) is 21.1 Å². The number of ether oxygens (including phenoxy) is 2. The first-order valence-corrected chi connectivity index (χ1v) is 8.21. The average Bonchev–Trinajstić information content (AvgIpc) is 2.92. The molecule has 1 N–H and O–H groups in total. The number of carbonyl (C=O) groups is 2. The summed E-state index contributed by atoms with van der Waals surface area (Å²) in [4.78, 5) is 24.8. The standard InChI is InChI=1S/C18H18ClNO4/c1-3-7-23-17(21)14-10(2)20-13-9-24-18(22)16(13)15(14)11-5-4-6-12(19)8-11/h4-6,8,15,20H,3,7,9H2,1-2H3. The molecule has 24 heavy (non-hydrogen) atoms. The normalized spacial score (nSPS) is 19.8. The molecule has 0 spiro atoms. The number of dihydropyridines is 1. The Kier molecular flexibility index (Phi) is 4.62. The third-order valence-corrected chi connectivity index (χ3v) is 4.29. The maximum atomic E-state index is 12.6. The molecule has 0 saturated carbocycles. The van der Waals surface area contributed by atoms with Gasteiger partial charge in [-0.15, -0.1) is 0 Å². The van der Waals surface area contributed by atoms with E-state index >= 15 is 0 Å². The lowest BCUT2D eigenvalue weighted by Gasteiger charge is -2.27. The molecule has 5 nitrogen and oxygen atoms in total. The number of carbonyl (C=O) groups excluding carboxylic acids is 2. The highest BCUT2D eigenvalue weighted by molar-refractivity contribution is 6.30. The topological polar surface area (TPSA) is 64.6 Å². The fraction of sp³-hybridized carbons (Fsp3) is 0.333. The average molecular weight is 348 g/mol. The van der Waals surface area contributed by atoms with Crippen molar-refractivity contribution in [3.05, 3.63) is 57.4 Å². The van der Waals surface area contributed by atoms with Crippen LogP contribution < -0.4 is 5.32 Å². The van der Waals surface area contributed by atoms with Crippen molar-refractivity contribution < 1.29 is 19.1 Å². The second-order valence-corrected chi connectivity index (χ2v) is 6.19. The lowest BCUT2D eigenvalue weighted by Crippen LogP contribution is -2.30. The van der Waals surface area contributed by atoms with Crippen LogP contribution in [0.3, 0.4) is 0 Å². The molecule has 2 heterocycles. The zero-order chi connectivity index (χ0) is 17.3. The van der Waals surface area contributed by atoms with Gasteiger partial charge in [0.15, 0.2) is 0 Å². The summed E-state index contributed by atoms with van der Waals surface area (Å²) in [6.45, 7) is 4.23. The SMILES string of the molecule is CCCOC(=O)C1=C(C)NC2=C(C(=O)OC2)C1c1cccc(Cl)c1. The molecule has 6 heteroatoms. The summed E-state index contributed by atoms with van der Waals surface area (Å²) in [6, 6.07) is 7.15. The van der Waals surface area contributed by atoms with Crippen molar-refractivity contribution in [2.24, 2.45) is 0 Å². The molecule has 0 radical (unpaired) electrons. The Labute approximate surface area is 145 Å². The molecular weight excluding hydrogens is 330 g/mol. The maximum Gasteiger partial charge on any atom is 0.337 e. The van der Waals surface area contributed by atoms with Crippen molar-refractivity contribution in [2.75, 3.05) is 13.2 Å². The Hall–Kier alpha value is -2.27. The van der Waals surface area contributed by atoms with Crippen molar-refractivity contribution >= 4 is 23.5 Å². The number of rotatable bonds is 4. The highest BCUT2D eigenvalue weighted by Crippen LogP contribution is 2.41. The first-order valence-electron chi connectivity index (χ1n) is 7.83. The van der Waals surface area contributed by atoms with Gasteiger partial charge in [0.1, 0.15) is 6.61 Å². The van der Waals surface area contributed by atoms with Gasteiger partial charge < -0.3 is 14.8 Å². The minimum absolute atomic E-state index is 0.180. The summed E-state index contributed by atoms with van der Waals surface area (Å²) < 4.78 is 10.5. The number of esters is 2. The Morgan fingerprint density at radius 2 is 2.25 bits per heavy atom. The zero-order valence-corrected chi connectivity index (χ0v) is 14.3. The number of allylic oxidation sites excluding steroid dienone is 1. The highest BCUT2D eigenvalue weighted by atomic mass is 35.5. The maximum absolute atomic E-state index is 12.6. The van der Waals surface area contributed by atoms with Crippen molar-refractivity contribution in [1.29, 1.82) is 0 Å². The molecule has 1 atom stereocenters. The lowest BCUT2D eigenvalue weighted by atomic mass is 9.81. The van der Waals surface area contributed by atoms with E-state index in [2.05, 4.69) is 5.32 Å². The quantitative estimate of drug-likeness (QED) is 0.848. The Morgan fingerprint density at radius 1 is 1.46 bits per heavy atom. The molecule has 0 fully saturated rings. The number of nitrogens with one attached hydrogen (secondary N) is 1. The van der Waals surface area contributed by atoms with Crippen LogP contribution in [0.2, 0.25) is 5.02 Å². The van der Waals surface area contributed by atoms with Crippen LogP contribution >= 0.6 is 11.6 Å². The van der Waals surface area contributed by atoms with E-state index in [1.807, 2.05) is 13.0 Å². The van der Waals surface area contributed by atoms with Crippen molar-refractivity contribution in [2.45, 2.75) is 26.2 Å². The minimum atomic E-state index is -0.542. The van der Waals surface area contributed by atoms with Crippen LogP contribution in [0.1, 0.15) is 31.7 Å². The fourth-order valence-electron chi connectivity index (χ4n) is 3.03. The third kappa shape index (κ3) is 2.91. The van der Waals surface area contributed by atoms with Gasteiger partial charge >= 0.3 is 11.9 Å². The summed E-state index contributed by atoms with van der Waals surface area (Å²) >= 11 is 6.11. The molecular formula is C18H18ClNO4. The van der Waals surface area contributed by atoms with E-state index in [0.29, 0.717) is 34.2 Å². The van der Waals surface area contributed by atoms with Crippen molar-refractivity contribution in [3.8, 4) is 0 Å². The van der Waals surface area contributed by atoms with Crippen LogP contribution in [0.5, 0.6) is 0 Å². The van der Waals surface area contributed by atoms with Crippen LogP contribution in [0.15, 0.2) is 46.8 Å². The van der Waals surface area contributed by atoms with E-state index in [1.165, 1.54) is 0 Å². The van der Waals surface area contributed by atoms with Gasteiger partial charge in [-0.25, -0.2) is 9.59 Å². The van der Waals surface area contributed by atoms with Crippen molar-refractivity contribution in [3.63, 3.8) is 0 Å². The van der Waals surface area contributed by atoms with Crippen LogP contribution in [0, 0.1) is 0 Å². The first-order chi connectivity index (χ1) is 11.5. The molecule has 2 aliphatic rings. The Morgan fingerprint density at radius 3 is 2.96 bits per heavy atom. The zero-order valence-electron chi connectivity index (χ0n) is 13.5. The number of hydrogen-bond acceptors (Lipinski definition) is 5. The molecule has 3 rings (SSSR count). The van der Waals surface area contributed by atoms with E-state index < -0.39 is 17.9 Å². The van der Waals surface area contributed by atoms with Gasteiger partial charge in [0.2, 0.25) is 0 Å². The van der Waals surface area contributed by atoms with E-state index in [0.717, 1.165) is 12.0 Å². The third-order valence-electron chi connectivity index (χ3n) is 4.05. The largest absolute Gasteiger partial charge is 0.462 e. The molecule has 126 valence electrons. The van der Waals surface area contributed by atoms with Gasteiger partial charge in [-0.3, -0.25) is 0 Å². The Balaban J connectivity index is 2.09. The molecule has 0 bridgehead atoms. The summed E-state index contributed by atoms with van der Waals surface area (Å²) in [7, 11) is 0. The van der Waals surface area contributed by atoms with Crippen molar-refractivity contribution in [1.82, 2.24) is 5.32 Å². The predicted octanol–water partition coefficient (Wildman–Crippen LogP) is 3.06. The molecule has 0 aromatic heterocycles. The van der Waals surface area contributed by atoms with E-state index in [1.54, 1.807) is 25.1 Å². The van der Waals surface area contributed by atoms with Crippen LogP contribution in [-0.2, 0) is 19.1 Å². The summed E-state index contributed by atoms with van der Waals surface area (Å²) in [5.41, 5.74) is 2.99. The second kappa shape index (κ2) is 6.69. The van der Waals surface area contributed by atoms with Gasteiger partial charge in [0.05, 0.1) is 29.4 Å². The van der Waals surface area contributed by atoms with Gasteiger partial charge in [0, 0.05) is 10.7 Å². The molecule has 1 aromatic carbocycles. The Bertz CT molecular complexity index is 766. The van der Waals surface area contributed by atoms with Gasteiger partial charge in [-0.05, 0) is 31.0 Å². The monoisotopic (exact) mass is 347 g/mol. The minimum Gasteiger partial charge on any atom is -0.462 e.